The number of aromatic nitrogens is 1. The molecule has 0 saturated carbocycles. The molecule has 18 heavy (non-hydrogen) atoms. The molecule has 1 saturated heterocycles. The lowest BCUT2D eigenvalue weighted by atomic mass is 9.98. The number of ether oxygens (including phenoxy) is 1. The Hall–Kier alpha value is -1.19. The van der Waals surface area contributed by atoms with Gasteiger partial charge in [0.1, 0.15) is 5.75 Å². The number of benzene rings is 1. The summed E-state index contributed by atoms with van der Waals surface area (Å²) in [7, 11) is 1.72. The van der Waals surface area contributed by atoms with Crippen molar-refractivity contribution in [2.45, 2.75) is 12.8 Å². The molecule has 1 aliphatic heterocycles. The maximum absolute atomic E-state index is 5.29. The second kappa shape index (κ2) is 5.63. The van der Waals surface area contributed by atoms with Crippen LogP contribution in [0.15, 0.2) is 24.4 Å². The third-order valence-electron chi connectivity index (χ3n) is 3.65. The van der Waals surface area contributed by atoms with Gasteiger partial charge >= 0.3 is 0 Å². The van der Waals surface area contributed by atoms with E-state index >= 15 is 0 Å². The van der Waals surface area contributed by atoms with Gasteiger partial charge in [0.2, 0.25) is 0 Å². The fourth-order valence-electron chi connectivity index (χ4n) is 2.65. The highest BCUT2D eigenvalue weighted by Crippen LogP contribution is 2.26. The molecule has 4 heteroatoms. The first-order valence-corrected chi connectivity index (χ1v) is 6.21. The predicted octanol–water partition coefficient (Wildman–Crippen LogP) is 2.75. The Morgan fingerprint density at radius 2 is 2.28 bits per heavy atom. The van der Waals surface area contributed by atoms with E-state index in [1.165, 1.54) is 22.9 Å². The van der Waals surface area contributed by atoms with Crippen molar-refractivity contribution in [1.29, 1.82) is 0 Å². The highest BCUT2D eigenvalue weighted by Gasteiger charge is 2.16. The minimum absolute atomic E-state index is 0. The molecule has 2 aromatic rings. The van der Waals surface area contributed by atoms with Gasteiger partial charge in [0, 0.05) is 17.1 Å². The van der Waals surface area contributed by atoms with Gasteiger partial charge in [-0.25, -0.2) is 0 Å². The van der Waals surface area contributed by atoms with Crippen LogP contribution in [0.5, 0.6) is 5.75 Å². The predicted molar refractivity (Wildman–Crippen MR) is 76.8 cm³/mol. The fraction of sp³-hybridized carbons (Fsp3) is 0.429. The van der Waals surface area contributed by atoms with E-state index in [9.17, 15) is 0 Å². The van der Waals surface area contributed by atoms with Crippen molar-refractivity contribution in [2.75, 3.05) is 20.2 Å². The lowest BCUT2D eigenvalue weighted by Crippen LogP contribution is -2.10. The van der Waals surface area contributed by atoms with Gasteiger partial charge in [-0.2, -0.15) is 0 Å². The summed E-state index contributed by atoms with van der Waals surface area (Å²) in [6, 6.07) is 6.22. The van der Waals surface area contributed by atoms with Crippen molar-refractivity contribution in [3.63, 3.8) is 0 Å². The number of nitrogens with one attached hydrogen (secondary N) is 2. The van der Waals surface area contributed by atoms with Crippen LogP contribution in [-0.4, -0.2) is 25.2 Å². The molecule has 3 rings (SSSR count). The normalized spacial score (nSPS) is 18.8. The third kappa shape index (κ3) is 2.47. The molecule has 0 bridgehead atoms. The van der Waals surface area contributed by atoms with Gasteiger partial charge in [0.25, 0.3) is 0 Å². The summed E-state index contributed by atoms with van der Waals surface area (Å²) in [5.41, 5.74) is 2.61. The zero-order valence-electron chi connectivity index (χ0n) is 10.5. The Morgan fingerprint density at radius 3 is 3.00 bits per heavy atom. The number of methoxy groups -OCH3 is 1. The molecule has 0 spiro atoms. The summed E-state index contributed by atoms with van der Waals surface area (Å²) in [5, 5.41) is 4.72. The highest BCUT2D eigenvalue weighted by molar-refractivity contribution is 5.85. The minimum Gasteiger partial charge on any atom is -0.497 e. The standard InChI is InChI=1S/C14H18N2O.ClH/c1-17-12-2-3-14-13(7-12)11(9-16-14)6-10-4-5-15-8-10;/h2-3,7,9-10,15-16H,4-6,8H2,1H3;1H. The highest BCUT2D eigenvalue weighted by atomic mass is 35.5. The van der Waals surface area contributed by atoms with E-state index in [1.807, 2.05) is 6.07 Å². The van der Waals surface area contributed by atoms with Crippen LogP contribution in [-0.2, 0) is 6.42 Å². The van der Waals surface area contributed by atoms with Crippen molar-refractivity contribution in [3.8, 4) is 5.75 Å². The van der Waals surface area contributed by atoms with E-state index in [2.05, 4.69) is 28.6 Å². The van der Waals surface area contributed by atoms with Crippen LogP contribution < -0.4 is 10.1 Å². The molecule has 98 valence electrons. The van der Waals surface area contributed by atoms with Crippen molar-refractivity contribution < 1.29 is 4.74 Å². The molecule has 0 aliphatic carbocycles. The molecule has 1 atom stereocenters. The molecule has 1 fully saturated rings. The van der Waals surface area contributed by atoms with E-state index in [0.29, 0.717) is 0 Å². The summed E-state index contributed by atoms with van der Waals surface area (Å²) in [4.78, 5) is 3.34. The van der Waals surface area contributed by atoms with Crippen molar-refractivity contribution in [3.05, 3.63) is 30.0 Å². The molecule has 1 aromatic carbocycles. The summed E-state index contributed by atoms with van der Waals surface area (Å²) < 4.78 is 5.29. The van der Waals surface area contributed by atoms with Gasteiger partial charge in [-0.3, -0.25) is 0 Å². The number of rotatable bonds is 3. The maximum Gasteiger partial charge on any atom is 0.119 e. The third-order valence-corrected chi connectivity index (χ3v) is 3.65. The second-order valence-corrected chi connectivity index (χ2v) is 4.79. The molecule has 1 aliphatic rings. The van der Waals surface area contributed by atoms with E-state index in [0.717, 1.165) is 31.2 Å². The van der Waals surface area contributed by atoms with E-state index < -0.39 is 0 Å². The fourth-order valence-corrected chi connectivity index (χ4v) is 2.65. The quantitative estimate of drug-likeness (QED) is 0.896. The van der Waals surface area contributed by atoms with Crippen molar-refractivity contribution >= 4 is 23.3 Å². The van der Waals surface area contributed by atoms with Gasteiger partial charge in [0.15, 0.2) is 0 Å². The van der Waals surface area contributed by atoms with E-state index in [1.54, 1.807) is 7.11 Å². The van der Waals surface area contributed by atoms with Gasteiger partial charge in [-0.1, -0.05) is 0 Å². The summed E-state index contributed by atoms with van der Waals surface area (Å²) in [6.45, 7) is 2.31. The van der Waals surface area contributed by atoms with Gasteiger partial charge in [-0.15, -0.1) is 12.4 Å². The van der Waals surface area contributed by atoms with Crippen LogP contribution in [0.4, 0.5) is 0 Å². The van der Waals surface area contributed by atoms with Crippen LogP contribution >= 0.6 is 12.4 Å². The molecule has 3 nitrogen and oxygen atoms in total. The number of hydrogen-bond acceptors (Lipinski definition) is 2. The van der Waals surface area contributed by atoms with E-state index in [4.69, 9.17) is 4.74 Å². The zero-order chi connectivity index (χ0) is 11.7. The molecule has 0 amide bonds. The SMILES string of the molecule is COc1ccc2[nH]cc(CC3CCNC3)c2c1.Cl. The lowest BCUT2D eigenvalue weighted by Gasteiger charge is -2.07. The van der Waals surface area contributed by atoms with Crippen LogP contribution in [0.25, 0.3) is 10.9 Å². The summed E-state index contributed by atoms with van der Waals surface area (Å²) in [5.74, 6) is 1.71. The van der Waals surface area contributed by atoms with Crippen LogP contribution in [0, 0.1) is 5.92 Å². The van der Waals surface area contributed by atoms with Crippen LogP contribution in [0.1, 0.15) is 12.0 Å². The number of halogens is 1. The first-order valence-electron chi connectivity index (χ1n) is 6.21. The topological polar surface area (TPSA) is 37.0 Å². The Bertz CT molecular complexity index is 517. The number of H-pyrrole nitrogens is 1. The summed E-state index contributed by atoms with van der Waals surface area (Å²) in [6.07, 6.45) is 4.58. The zero-order valence-corrected chi connectivity index (χ0v) is 11.3. The van der Waals surface area contributed by atoms with Crippen LogP contribution in [0.2, 0.25) is 0 Å². The second-order valence-electron chi connectivity index (χ2n) is 4.79. The molecular formula is C14H19ClN2O. The molecular weight excluding hydrogens is 248 g/mol. The van der Waals surface area contributed by atoms with Gasteiger partial charge < -0.3 is 15.0 Å². The van der Waals surface area contributed by atoms with Gasteiger partial charge in [-0.05, 0) is 55.6 Å². The molecule has 2 N–H and O–H groups in total. The Labute approximate surface area is 113 Å². The maximum atomic E-state index is 5.29. The Balaban J connectivity index is 0.00000120. The lowest BCUT2D eigenvalue weighted by molar-refractivity contribution is 0.415. The summed E-state index contributed by atoms with van der Waals surface area (Å²) >= 11 is 0. The number of aromatic amines is 1. The molecule has 1 aromatic heterocycles. The van der Waals surface area contributed by atoms with E-state index in [-0.39, 0.29) is 12.4 Å². The Morgan fingerprint density at radius 1 is 1.39 bits per heavy atom. The smallest absolute Gasteiger partial charge is 0.119 e. The number of fused-ring (bicyclic) bond motifs is 1. The van der Waals surface area contributed by atoms with Gasteiger partial charge in [0.05, 0.1) is 7.11 Å². The Kier molecular flexibility index (Phi) is 4.15. The average Bonchev–Trinajstić information content (AvgIpc) is 2.99. The van der Waals surface area contributed by atoms with Crippen molar-refractivity contribution in [2.24, 2.45) is 5.92 Å². The largest absolute Gasteiger partial charge is 0.497 e. The first-order chi connectivity index (χ1) is 8.36. The number of hydrogen-bond donors (Lipinski definition) is 2. The average molecular weight is 267 g/mol. The minimum atomic E-state index is 0. The van der Waals surface area contributed by atoms with Crippen molar-refractivity contribution in [1.82, 2.24) is 10.3 Å². The molecule has 0 radical (unpaired) electrons. The first kappa shape index (κ1) is 13.2. The molecule has 1 unspecified atom stereocenters. The monoisotopic (exact) mass is 266 g/mol. The molecule has 2 heterocycles. The van der Waals surface area contributed by atoms with Crippen LogP contribution in [0.3, 0.4) is 0 Å².